The quantitative estimate of drug-likeness (QED) is 0.849. The molecule has 2 rings (SSSR count). The summed E-state index contributed by atoms with van der Waals surface area (Å²) in [7, 11) is 0. The summed E-state index contributed by atoms with van der Waals surface area (Å²) < 4.78 is 13.0. The Morgan fingerprint density at radius 1 is 1.30 bits per heavy atom. The van der Waals surface area contributed by atoms with Crippen LogP contribution in [0, 0.1) is 11.7 Å². The van der Waals surface area contributed by atoms with E-state index >= 15 is 0 Å². The highest BCUT2D eigenvalue weighted by atomic mass is 35.5. The summed E-state index contributed by atoms with van der Waals surface area (Å²) in [5, 5.41) is 16.5. The molecule has 124 valence electrons. The lowest BCUT2D eigenvalue weighted by atomic mass is 10.1. The second-order valence-corrected chi connectivity index (χ2v) is 6.14. The van der Waals surface area contributed by atoms with Crippen LogP contribution < -0.4 is 10.5 Å². The molecule has 0 aliphatic carbocycles. The number of halogens is 2. The molecule has 1 aromatic heterocycles. The maximum Gasteiger partial charge on any atom is 0.285 e. The normalized spacial score (nSPS) is 12.4. The summed E-state index contributed by atoms with van der Waals surface area (Å²) in [6, 6.07) is 5.66. The average Bonchev–Trinajstić information content (AvgIpc) is 2.49. The van der Waals surface area contributed by atoms with Crippen molar-refractivity contribution >= 4 is 17.3 Å². The average molecular weight is 340 g/mol. The summed E-state index contributed by atoms with van der Waals surface area (Å²) in [6.45, 7) is 4.84. The third kappa shape index (κ3) is 4.53. The van der Waals surface area contributed by atoms with Gasteiger partial charge in [0.15, 0.2) is 0 Å². The summed E-state index contributed by atoms with van der Waals surface area (Å²) in [5.74, 6) is -0.0763. The molecule has 2 aromatic rings. The van der Waals surface area contributed by atoms with Crippen LogP contribution in [0.2, 0.25) is 5.02 Å². The number of anilines is 1. The van der Waals surface area contributed by atoms with Crippen LogP contribution in [0.4, 0.5) is 10.1 Å². The Bertz CT molecular complexity index is 703. The number of nitrogens with zero attached hydrogens (tertiary/aromatic N) is 2. The monoisotopic (exact) mass is 339 g/mol. The molecule has 0 fully saturated rings. The molecule has 0 saturated carbocycles. The van der Waals surface area contributed by atoms with Gasteiger partial charge in [-0.25, -0.2) is 9.49 Å². The number of aromatic amines is 1. The van der Waals surface area contributed by atoms with E-state index in [0.717, 1.165) is 0 Å². The number of aromatic nitrogens is 2. The number of rotatable bonds is 6. The highest BCUT2D eigenvalue weighted by molar-refractivity contribution is 6.32. The smallest absolute Gasteiger partial charge is 0.285 e. The Balaban J connectivity index is 2.26. The number of aliphatic hydroxyl groups excluding tert-OH is 1. The molecule has 1 aromatic carbocycles. The molecule has 1 atom stereocenters. The van der Waals surface area contributed by atoms with Crippen LogP contribution in [0.25, 0.3) is 0 Å². The second-order valence-electron chi connectivity index (χ2n) is 5.76. The van der Waals surface area contributed by atoms with Crippen molar-refractivity contribution in [2.24, 2.45) is 5.92 Å². The van der Waals surface area contributed by atoms with Crippen molar-refractivity contribution in [3.05, 3.63) is 57.2 Å². The highest BCUT2D eigenvalue weighted by Crippen LogP contribution is 2.25. The van der Waals surface area contributed by atoms with E-state index in [-0.39, 0.29) is 23.3 Å². The molecule has 0 bridgehead atoms. The lowest BCUT2D eigenvalue weighted by Gasteiger charge is -2.29. The zero-order chi connectivity index (χ0) is 17.0. The maximum atomic E-state index is 13.0. The fourth-order valence-electron chi connectivity index (χ4n) is 2.31. The highest BCUT2D eigenvalue weighted by Gasteiger charge is 2.19. The first kappa shape index (κ1) is 17.4. The van der Waals surface area contributed by atoms with E-state index in [2.05, 4.69) is 10.2 Å². The summed E-state index contributed by atoms with van der Waals surface area (Å²) in [6.07, 6.45) is 0.619. The largest absolute Gasteiger partial charge is 0.387 e. The fraction of sp³-hybridized carbons (Fsp3) is 0.375. The van der Waals surface area contributed by atoms with E-state index in [9.17, 15) is 14.3 Å². The zero-order valence-corrected chi connectivity index (χ0v) is 13.7. The van der Waals surface area contributed by atoms with Crippen LogP contribution in [-0.2, 0) is 0 Å². The summed E-state index contributed by atoms with van der Waals surface area (Å²) in [4.78, 5) is 13.5. The van der Waals surface area contributed by atoms with Gasteiger partial charge in [0, 0.05) is 13.1 Å². The van der Waals surface area contributed by atoms with Crippen molar-refractivity contribution < 1.29 is 9.50 Å². The van der Waals surface area contributed by atoms with Gasteiger partial charge in [-0.15, -0.1) is 0 Å². The van der Waals surface area contributed by atoms with Gasteiger partial charge in [-0.3, -0.25) is 4.79 Å². The molecule has 0 aliphatic heterocycles. The van der Waals surface area contributed by atoms with Gasteiger partial charge >= 0.3 is 0 Å². The van der Waals surface area contributed by atoms with Gasteiger partial charge in [-0.2, -0.15) is 5.10 Å². The van der Waals surface area contributed by atoms with E-state index in [1.807, 2.05) is 18.7 Å². The Morgan fingerprint density at radius 2 is 1.96 bits per heavy atom. The van der Waals surface area contributed by atoms with Crippen molar-refractivity contribution in [2.75, 3.05) is 18.0 Å². The molecule has 0 saturated heterocycles. The Kier molecular flexibility index (Phi) is 5.74. The molecule has 5 nitrogen and oxygen atoms in total. The maximum absolute atomic E-state index is 13.0. The van der Waals surface area contributed by atoms with Gasteiger partial charge in [0.2, 0.25) is 0 Å². The fourth-order valence-corrected chi connectivity index (χ4v) is 2.52. The molecule has 1 heterocycles. The van der Waals surface area contributed by atoms with Gasteiger partial charge in [-0.1, -0.05) is 37.6 Å². The number of aliphatic hydroxyl groups is 1. The van der Waals surface area contributed by atoms with Crippen molar-refractivity contribution in [2.45, 2.75) is 20.0 Å². The first-order chi connectivity index (χ1) is 10.9. The van der Waals surface area contributed by atoms with E-state index in [1.165, 1.54) is 30.5 Å². The molecule has 0 radical (unpaired) electrons. The molecule has 23 heavy (non-hydrogen) atoms. The number of hydrogen-bond acceptors (Lipinski definition) is 4. The lowest BCUT2D eigenvalue weighted by molar-refractivity contribution is 0.182. The van der Waals surface area contributed by atoms with E-state index < -0.39 is 11.7 Å². The molecular weight excluding hydrogens is 321 g/mol. The van der Waals surface area contributed by atoms with Crippen LogP contribution >= 0.6 is 11.6 Å². The predicted molar refractivity (Wildman–Crippen MR) is 88.3 cm³/mol. The molecule has 0 spiro atoms. The minimum Gasteiger partial charge on any atom is -0.387 e. The number of benzene rings is 1. The second kappa shape index (κ2) is 7.57. The van der Waals surface area contributed by atoms with E-state index in [0.29, 0.717) is 17.8 Å². The minimum atomic E-state index is -0.843. The SMILES string of the molecule is CC(C)CN(CC(O)c1ccc(F)cc1)c1cn[nH]c(=O)c1Cl. The Hall–Kier alpha value is -1.92. The predicted octanol–water partition coefficient (Wildman–Crippen LogP) is 2.76. The van der Waals surface area contributed by atoms with Crippen LogP contribution in [-0.4, -0.2) is 28.4 Å². The lowest BCUT2D eigenvalue weighted by Crippen LogP contribution is -2.33. The van der Waals surface area contributed by atoms with E-state index in [4.69, 9.17) is 11.6 Å². The van der Waals surface area contributed by atoms with Crippen molar-refractivity contribution in [1.82, 2.24) is 10.2 Å². The van der Waals surface area contributed by atoms with Gasteiger partial charge < -0.3 is 10.0 Å². The van der Waals surface area contributed by atoms with Crippen LogP contribution in [0.3, 0.4) is 0 Å². The van der Waals surface area contributed by atoms with Gasteiger partial charge in [0.1, 0.15) is 10.8 Å². The molecule has 0 aliphatic rings. The van der Waals surface area contributed by atoms with Gasteiger partial charge in [0.25, 0.3) is 5.56 Å². The molecule has 2 N–H and O–H groups in total. The number of hydrogen-bond donors (Lipinski definition) is 2. The standard InChI is InChI=1S/C16H19ClFN3O2/c1-10(2)8-21(13-7-19-20-16(23)15(13)17)9-14(22)11-3-5-12(18)6-4-11/h3-7,10,14,22H,8-9H2,1-2H3,(H,20,23). The summed E-state index contributed by atoms with van der Waals surface area (Å²) >= 11 is 6.07. The van der Waals surface area contributed by atoms with Gasteiger partial charge in [0.05, 0.1) is 18.0 Å². The van der Waals surface area contributed by atoms with Crippen LogP contribution in [0.15, 0.2) is 35.3 Å². The molecule has 0 amide bonds. The summed E-state index contributed by atoms with van der Waals surface area (Å²) in [5.41, 5.74) is 0.577. The molecule has 1 unspecified atom stereocenters. The van der Waals surface area contributed by atoms with Crippen molar-refractivity contribution in [3.63, 3.8) is 0 Å². The molecule has 7 heteroatoms. The van der Waals surface area contributed by atoms with E-state index in [1.54, 1.807) is 0 Å². The first-order valence-electron chi connectivity index (χ1n) is 7.30. The van der Waals surface area contributed by atoms with Crippen LogP contribution in [0.5, 0.6) is 0 Å². The minimum absolute atomic E-state index is 0.0342. The number of H-pyrrole nitrogens is 1. The Morgan fingerprint density at radius 3 is 2.57 bits per heavy atom. The van der Waals surface area contributed by atoms with Crippen LogP contribution in [0.1, 0.15) is 25.5 Å². The first-order valence-corrected chi connectivity index (χ1v) is 7.68. The third-order valence-corrected chi connectivity index (χ3v) is 3.72. The third-order valence-electron chi connectivity index (χ3n) is 3.35. The van der Waals surface area contributed by atoms with Crippen molar-refractivity contribution in [1.29, 1.82) is 0 Å². The zero-order valence-electron chi connectivity index (χ0n) is 13.0. The number of nitrogens with one attached hydrogen (secondary N) is 1. The van der Waals surface area contributed by atoms with Crippen molar-refractivity contribution in [3.8, 4) is 0 Å². The molecular formula is C16H19ClFN3O2. The van der Waals surface area contributed by atoms with Gasteiger partial charge in [-0.05, 0) is 23.6 Å². The topological polar surface area (TPSA) is 69.2 Å². The Labute approximate surface area is 138 Å².